The number of hydrogen-bond acceptors (Lipinski definition) is 6. The number of aryl methyl sites for hydroxylation is 1. The van der Waals surface area contributed by atoms with Crippen LogP contribution in [0.25, 0.3) is 0 Å². The standard InChI is InChI=1S/C12H17N5O/c1-4-8(2)14-10-5-6-13-12(15-10)16-11-7-9(3)18-17-11/h5-8H,4H2,1-3H3,(H2,13,14,15,16,17). The summed E-state index contributed by atoms with van der Waals surface area (Å²) >= 11 is 0. The molecule has 0 bridgehead atoms. The predicted octanol–water partition coefficient (Wildman–Crippen LogP) is 2.73. The fraction of sp³-hybridized carbons (Fsp3) is 0.417. The molecule has 1 unspecified atom stereocenters. The van der Waals surface area contributed by atoms with Gasteiger partial charge in [0, 0.05) is 18.3 Å². The van der Waals surface area contributed by atoms with Crippen molar-refractivity contribution in [2.75, 3.05) is 10.6 Å². The highest BCUT2D eigenvalue weighted by molar-refractivity contribution is 5.49. The van der Waals surface area contributed by atoms with Crippen molar-refractivity contribution in [1.29, 1.82) is 0 Å². The third kappa shape index (κ3) is 3.19. The first kappa shape index (κ1) is 12.3. The minimum atomic E-state index is 0.377. The van der Waals surface area contributed by atoms with Crippen molar-refractivity contribution in [3.8, 4) is 0 Å². The van der Waals surface area contributed by atoms with Gasteiger partial charge in [0.25, 0.3) is 0 Å². The Bertz CT molecular complexity index is 511. The molecule has 0 aliphatic rings. The molecule has 2 N–H and O–H groups in total. The third-order valence-corrected chi connectivity index (χ3v) is 2.53. The maximum Gasteiger partial charge on any atom is 0.230 e. The van der Waals surface area contributed by atoms with Crippen LogP contribution in [0.2, 0.25) is 0 Å². The molecule has 2 heterocycles. The lowest BCUT2D eigenvalue weighted by Gasteiger charge is -2.12. The van der Waals surface area contributed by atoms with Crippen LogP contribution in [-0.4, -0.2) is 21.2 Å². The molecule has 96 valence electrons. The first-order chi connectivity index (χ1) is 8.67. The molecule has 0 amide bonds. The van der Waals surface area contributed by atoms with Crippen LogP contribution in [0.15, 0.2) is 22.9 Å². The molecule has 0 spiro atoms. The van der Waals surface area contributed by atoms with Crippen LogP contribution < -0.4 is 10.6 Å². The summed E-state index contributed by atoms with van der Waals surface area (Å²) in [6.07, 6.45) is 2.74. The first-order valence-electron chi connectivity index (χ1n) is 5.97. The Hall–Kier alpha value is -2.11. The van der Waals surface area contributed by atoms with E-state index in [0.29, 0.717) is 17.8 Å². The van der Waals surface area contributed by atoms with Crippen molar-refractivity contribution in [2.45, 2.75) is 33.2 Å². The molecule has 0 fully saturated rings. The smallest absolute Gasteiger partial charge is 0.230 e. The second-order valence-corrected chi connectivity index (χ2v) is 4.17. The molecule has 2 aromatic heterocycles. The largest absolute Gasteiger partial charge is 0.367 e. The van der Waals surface area contributed by atoms with Crippen molar-refractivity contribution < 1.29 is 4.52 Å². The van der Waals surface area contributed by atoms with E-state index in [2.05, 4.69) is 39.6 Å². The molecule has 0 aliphatic heterocycles. The van der Waals surface area contributed by atoms with Crippen molar-refractivity contribution in [2.24, 2.45) is 0 Å². The van der Waals surface area contributed by atoms with E-state index in [0.717, 1.165) is 18.0 Å². The predicted molar refractivity (Wildman–Crippen MR) is 69.9 cm³/mol. The average molecular weight is 247 g/mol. The summed E-state index contributed by atoms with van der Waals surface area (Å²) < 4.78 is 4.97. The van der Waals surface area contributed by atoms with E-state index >= 15 is 0 Å². The van der Waals surface area contributed by atoms with Crippen molar-refractivity contribution in [3.05, 3.63) is 24.1 Å². The number of rotatable bonds is 5. The Kier molecular flexibility index (Phi) is 3.76. The van der Waals surface area contributed by atoms with E-state index in [1.807, 2.05) is 13.0 Å². The SMILES string of the molecule is CCC(C)Nc1ccnc(Nc2cc(C)on2)n1. The molecular formula is C12H17N5O. The van der Waals surface area contributed by atoms with Gasteiger partial charge in [-0.2, -0.15) is 4.98 Å². The fourth-order valence-electron chi connectivity index (χ4n) is 1.39. The van der Waals surface area contributed by atoms with Gasteiger partial charge in [-0.25, -0.2) is 4.98 Å². The molecule has 0 saturated carbocycles. The van der Waals surface area contributed by atoms with Gasteiger partial charge in [-0.05, 0) is 26.3 Å². The Morgan fingerprint density at radius 3 is 2.89 bits per heavy atom. The molecule has 0 aromatic carbocycles. The Morgan fingerprint density at radius 1 is 1.39 bits per heavy atom. The summed E-state index contributed by atoms with van der Waals surface area (Å²) in [4.78, 5) is 8.48. The summed E-state index contributed by atoms with van der Waals surface area (Å²) in [5.74, 6) is 2.64. The van der Waals surface area contributed by atoms with Crippen LogP contribution in [0.1, 0.15) is 26.0 Å². The van der Waals surface area contributed by atoms with Crippen LogP contribution in [0.4, 0.5) is 17.6 Å². The Morgan fingerprint density at radius 2 is 2.22 bits per heavy atom. The zero-order chi connectivity index (χ0) is 13.0. The van der Waals surface area contributed by atoms with Gasteiger partial charge in [-0.3, -0.25) is 0 Å². The summed E-state index contributed by atoms with van der Waals surface area (Å²) in [6.45, 7) is 6.06. The summed E-state index contributed by atoms with van der Waals surface area (Å²) in [6, 6.07) is 4.01. The van der Waals surface area contributed by atoms with Crippen LogP contribution in [-0.2, 0) is 0 Å². The topological polar surface area (TPSA) is 75.9 Å². The van der Waals surface area contributed by atoms with E-state index in [1.165, 1.54) is 0 Å². The molecule has 0 radical (unpaired) electrons. The average Bonchev–Trinajstić information content (AvgIpc) is 2.75. The van der Waals surface area contributed by atoms with Gasteiger partial charge < -0.3 is 15.2 Å². The second-order valence-electron chi connectivity index (χ2n) is 4.17. The van der Waals surface area contributed by atoms with Gasteiger partial charge in [0.1, 0.15) is 11.6 Å². The van der Waals surface area contributed by atoms with E-state index in [1.54, 1.807) is 12.3 Å². The zero-order valence-corrected chi connectivity index (χ0v) is 10.8. The Balaban J connectivity index is 2.07. The van der Waals surface area contributed by atoms with Gasteiger partial charge in [-0.1, -0.05) is 12.1 Å². The molecule has 18 heavy (non-hydrogen) atoms. The van der Waals surface area contributed by atoms with E-state index in [9.17, 15) is 0 Å². The summed E-state index contributed by atoms with van der Waals surface area (Å²) in [5.41, 5.74) is 0. The maximum absolute atomic E-state index is 4.97. The van der Waals surface area contributed by atoms with Gasteiger partial charge >= 0.3 is 0 Å². The first-order valence-corrected chi connectivity index (χ1v) is 5.97. The Labute approximate surface area is 106 Å². The highest BCUT2D eigenvalue weighted by Gasteiger charge is 2.05. The molecule has 2 aromatic rings. The van der Waals surface area contributed by atoms with Gasteiger partial charge in [0.15, 0.2) is 5.82 Å². The summed E-state index contributed by atoms with van der Waals surface area (Å²) in [5, 5.41) is 10.1. The third-order valence-electron chi connectivity index (χ3n) is 2.53. The van der Waals surface area contributed by atoms with Crippen LogP contribution in [0.5, 0.6) is 0 Å². The number of aromatic nitrogens is 3. The monoisotopic (exact) mass is 247 g/mol. The molecule has 0 aliphatic carbocycles. The molecule has 0 saturated heterocycles. The molecule has 2 rings (SSSR count). The van der Waals surface area contributed by atoms with Gasteiger partial charge in [-0.15, -0.1) is 0 Å². The fourth-order valence-corrected chi connectivity index (χ4v) is 1.39. The van der Waals surface area contributed by atoms with Crippen molar-refractivity contribution in [1.82, 2.24) is 15.1 Å². The number of nitrogens with zero attached hydrogens (tertiary/aromatic N) is 3. The molecule has 1 atom stereocenters. The van der Waals surface area contributed by atoms with Crippen LogP contribution >= 0.6 is 0 Å². The van der Waals surface area contributed by atoms with Crippen molar-refractivity contribution >= 4 is 17.6 Å². The van der Waals surface area contributed by atoms with Gasteiger partial charge in [0.05, 0.1) is 0 Å². The zero-order valence-electron chi connectivity index (χ0n) is 10.8. The molecule has 6 heteroatoms. The lowest BCUT2D eigenvalue weighted by molar-refractivity contribution is 0.400. The number of anilines is 3. The summed E-state index contributed by atoms with van der Waals surface area (Å²) in [7, 11) is 0. The van der Waals surface area contributed by atoms with Crippen molar-refractivity contribution in [3.63, 3.8) is 0 Å². The van der Waals surface area contributed by atoms with E-state index in [-0.39, 0.29) is 0 Å². The highest BCUT2D eigenvalue weighted by atomic mass is 16.5. The molecule has 6 nitrogen and oxygen atoms in total. The maximum atomic E-state index is 4.97. The number of hydrogen-bond donors (Lipinski definition) is 2. The minimum Gasteiger partial charge on any atom is -0.367 e. The van der Waals surface area contributed by atoms with Gasteiger partial charge in [0.2, 0.25) is 5.95 Å². The second kappa shape index (κ2) is 5.48. The van der Waals surface area contributed by atoms with E-state index < -0.39 is 0 Å². The number of nitrogens with one attached hydrogen (secondary N) is 2. The normalized spacial score (nSPS) is 12.2. The van der Waals surface area contributed by atoms with Crippen LogP contribution in [0.3, 0.4) is 0 Å². The highest BCUT2D eigenvalue weighted by Crippen LogP contribution is 2.14. The minimum absolute atomic E-state index is 0.377. The molecular weight excluding hydrogens is 230 g/mol. The van der Waals surface area contributed by atoms with Crippen LogP contribution in [0, 0.1) is 6.92 Å². The van der Waals surface area contributed by atoms with E-state index in [4.69, 9.17) is 4.52 Å². The lowest BCUT2D eigenvalue weighted by atomic mass is 10.2. The lowest BCUT2D eigenvalue weighted by Crippen LogP contribution is -2.14. The quantitative estimate of drug-likeness (QED) is 0.846.